The Kier molecular flexibility index (Phi) is 3.65. The van der Waals surface area contributed by atoms with E-state index in [0.29, 0.717) is 10.6 Å². The smallest absolute Gasteiger partial charge is 0.340 e. The molecule has 5 nitrogen and oxygen atoms in total. The van der Waals surface area contributed by atoms with E-state index in [0.717, 1.165) is 5.13 Å². The van der Waals surface area contributed by atoms with Gasteiger partial charge in [0.05, 0.1) is 17.7 Å². The van der Waals surface area contributed by atoms with Crippen molar-refractivity contribution in [1.82, 2.24) is 4.98 Å². The summed E-state index contributed by atoms with van der Waals surface area (Å²) in [6.07, 6.45) is -1.24. The van der Waals surface area contributed by atoms with E-state index in [1.165, 1.54) is 18.4 Å². The van der Waals surface area contributed by atoms with Gasteiger partial charge in [0.25, 0.3) is 0 Å². The number of aryl methyl sites for hydroxylation is 1. The van der Waals surface area contributed by atoms with E-state index >= 15 is 0 Å². The summed E-state index contributed by atoms with van der Waals surface area (Å²) in [5, 5.41) is 10.4. The van der Waals surface area contributed by atoms with Crippen molar-refractivity contribution in [2.75, 3.05) is 26.1 Å². The summed E-state index contributed by atoms with van der Waals surface area (Å²) in [5.74, 6) is -0.660. The summed E-state index contributed by atoms with van der Waals surface area (Å²) in [7, 11) is 4.95. The van der Waals surface area contributed by atoms with Crippen LogP contribution in [0.15, 0.2) is 0 Å². The van der Waals surface area contributed by atoms with Crippen LogP contribution in [0.3, 0.4) is 0 Å². The lowest BCUT2D eigenvalue weighted by molar-refractivity contribution is -0.150. The first kappa shape index (κ1) is 11.9. The van der Waals surface area contributed by atoms with Gasteiger partial charge in [-0.3, -0.25) is 0 Å². The van der Waals surface area contributed by atoms with E-state index in [1.54, 1.807) is 6.92 Å². The molecule has 1 atom stereocenters. The summed E-state index contributed by atoms with van der Waals surface area (Å²) < 4.78 is 4.47. The highest BCUT2D eigenvalue weighted by Gasteiger charge is 2.23. The molecule has 0 aliphatic rings. The molecule has 84 valence electrons. The van der Waals surface area contributed by atoms with Crippen molar-refractivity contribution in [3.05, 3.63) is 10.6 Å². The Morgan fingerprint density at radius 2 is 2.20 bits per heavy atom. The maximum Gasteiger partial charge on any atom is 0.340 e. The summed E-state index contributed by atoms with van der Waals surface area (Å²) in [5.41, 5.74) is 0.654. The van der Waals surface area contributed by atoms with Crippen LogP contribution in [0.25, 0.3) is 0 Å². The highest BCUT2D eigenvalue weighted by atomic mass is 32.1. The lowest BCUT2D eigenvalue weighted by Gasteiger charge is -2.06. The quantitative estimate of drug-likeness (QED) is 0.775. The third-order valence-electron chi connectivity index (χ3n) is 1.88. The number of carbonyl (C=O) groups is 1. The van der Waals surface area contributed by atoms with Crippen molar-refractivity contribution in [3.63, 3.8) is 0 Å². The second-order valence-corrected chi connectivity index (χ2v) is 4.28. The molecule has 1 rings (SSSR count). The Balaban J connectivity index is 2.99. The minimum absolute atomic E-state index is 0.533. The zero-order valence-electron chi connectivity index (χ0n) is 9.14. The van der Waals surface area contributed by atoms with Gasteiger partial charge in [-0.2, -0.15) is 0 Å². The number of rotatable bonds is 3. The summed E-state index contributed by atoms with van der Waals surface area (Å²) in [6.45, 7) is 1.75. The Morgan fingerprint density at radius 1 is 1.60 bits per heavy atom. The Hall–Kier alpha value is -1.14. The maximum absolute atomic E-state index is 11.1. The first-order valence-corrected chi connectivity index (χ1v) is 5.19. The molecule has 0 aromatic carbocycles. The number of aromatic nitrogens is 1. The van der Waals surface area contributed by atoms with Gasteiger partial charge >= 0.3 is 5.97 Å². The van der Waals surface area contributed by atoms with Crippen LogP contribution in [-0.4, -0.2) is 37.3 Å². The molecule has 0 aliphatic heterocycles. The SMILES string of the molecule is COC(=O)C(O)c1sc(N(C)C)nc1C. The van der Waals surface area contributed by atoms with Crippen LogP contribution in [-0.2, 0) is 9.53 Å². The van der Waals surface area contributed by atoms with Crippen molar-refractivity contribution in [1.29, 1.82) is 0 Å². The lowest BCUT2D eigenvalue weighted by atomic mass is 10.2. The standard InChI is InChI=1S/C9H14N2O3S/c1-5-7(6(12)8(13)14-4)15-9(10-5)11(2)3/h6,12H,1-4H3. The van der Waals surface area contributed by atoms with Crippen LogP contribution in [0.1, 0.15) is 16.7 Å². The fraction of sp³-hybridized carbons (Fsp3) is 0.556. The molecule has 0 saturated heterocycles. The van der Waals surface area contributed by atoms with Gasteiger partial charge in [-0.05, 0) is 6.92 Å². The number of ether oxygens (including phenoxy) is 1. The zero-order chi connectivity index (χ0) is 11.6. The van der Waals surface area contributed by atoms with Gasteiger partial charge in [-0.15, -0.1) is 0 Å². The Morgan fingerprint density at radius 3 is 2.60 bits per heavy atom. The van der Waals surface area contributed by atoms with Crippen LogP contribution in [0.2, 0.25) is 0 Å². The first-order chi connectivity index (χ1) is 6.97. The Bertz CT molecular complexity index is 362. The monoisotopic (exact) mass is 230 g/mol. The molecule has 1 unspecified atom stereocenters. The fourth-order valence-electron chi connectivity index (χ4n) is 1.06. The summed E-state index contributed by atoms with van der Waals surface area (Å²) in [4.78, 5) is 17.7. The topological polar surface area (TPSA) is 62.7 Å². The van der Waals surface area contributed by atoms with Gasteiger partial charge < -0.3 is 14.7 Å². The molecule has 1 heterocycles. The molecule has 15 heavy (non-hydrogen) atoms. The average Bonchev–Trinajstić information content (AvgIpc) is 2.58. The van der Waals surface area contributed by atoms with Gasteiger partial charge in [-0.25, -0.2) is 9.78 Å². The minimum Gasteiger partial charge on any atom is -0.467 e. The number of methoxy groups -OCH3 is 1. The number of thiazole rings is 1. The van der Waals surface area contributed by atoms with Crippen LogP contribution >= 0.6 is 11.3 Å². The molecule has 6 heteroatoms. The first-order valence-electron chi connectivity index (χ1n) is 4.38. The highest BCUT2D eigenvalue weighted by Crippen LogP contribution is 2.30. The largest absolute Gasteiger partial charge is 0.467 e. The molecule has 0 amide bonds. The molecule has 0 bridgehead atoms. The molecular formula is C9H14N2O3S. The van der Waals surface area contributed by atoms with Gasteiger partial charge in [0.15, 0.2) is 11.2 Å². The maximum atomic E-state index is 11.1. The fourth-order valence-corrected chi connectivity index (χ4v) is 2.02. The van der Waals surface area contributed by atoms with Crippen molar-refractivity contribution < 1.29 is 14.6 Å². The molecule has 0 aliphatic carbocycles. The lowest BCUT2D eigenvalue weighted by Crippen LogP contribution is -2.13. The van der Waals surface area contributed by atoms with E-state index in [1.807, 2.05) is 19.0 Å². The number of hydrogen-bond donors (Lipinski definition) is 1. The van der Waals surface area contributed by atoms with Crippen LogP contribution in [0.4, 0.5) is 5.13 Å². The van der Waals surface area contributed by atoms with Crippen molar-refractivity contribution in [2.24, 2.45) is 0 Å². The average molecular weight is 230 g/mol. The Labute approximate surface area is 92.3 Å². The summed E-state index contributed by atoms with van der Waals surface area (Å²) >= 11 is 1.28. The second-order valence-electron chi connectivity index (χ2n) is 3.27. The van der Waals surface area contributed by atoms with E-state index in [4.69, 9.17) is 0 Å². The molecule has 0 radical (unpaired) electrons. The highest BCUT2D eigenvalue weighted by molar-refractivity contribution is 7.15. The molecular weight excluding hydrogens is 216 g/mol. The van der Waals surface area contributed by atoms with Crippen LogP contribution in [0.5, 0.6) is 0 Å². The van der Waals surface area contributed by atoms with Crippen molar-refractivity contribution in [2.45, 2.75) is 13.0 Å². The van der Waals surface area contributed by atoms with Gasteiger partial charge in [0.1, 0.15) is 0 Å². The number of esters is 1. The molecule has 1 N–H and O–H groups in total. The zero-order valence-corrected chi connectivity index (χ0v) is 9.96. The number of aliphatic hydroxyl groups excluding tert-OH is 1. The number of hydrogen-bond acceptors (Lipinski definition) is 6. The predicted molar refractivity (Wildman–Crippen MR) is 58.2 cm³/mol. The number of nitrogens with zero attached hydrogens (tertiary/aromatic N) is 2. The van der Waals surface area contributed by atoms with Crippen molar-refractivity contribution in [3.8, 4) is 0 Å². The number of aliphatic hydroxyl groups is 1. The molecule has 0 fully saturated rings. The van der Waals surface area contributed by atoms with E-state index < -0.39 is 12.1 Å². The third-order valence-corrected chi connectivity index (χ3v) is 3.25. The summed E-state index contributed by atoms with van der Waals surface area (Å²) in [6, 6.07) is 0. The number of anilines is 1. The van der Waals surface area contributed by atoms with E-state index in [9.17, 15) is 9.90 Å². The molecule has 0 saturated carbocycles. The van der Waals surface area contributed by atoms with Gasteiger partial charge in [0, 0.05) is 14.1 Å². The van der Waals surface area contributed by atoms with Gasteiger partial charge in [0.2, 0.25) is 0 Å². The number of carbonyl (C=O) groups excluding carboxylic acids is 1. The predicted octanol–water partition coefficient (Wildman–Crippen LogP) is 0.724. The van der Waals surface area contributed by atoms with Crippen LogP contribution < -0.4 is 4.90 Å². The molecule has 1 aromatic rings. The second kappa shape index (κ2) is 4.59. The van der Waals surface area contributed by atoms with E-state index in [2.05, 4.69) is 9.72 Å². The third kappa shape index (κ3) is 2.45. The molecule has 1 aromatic heterocycles. The van der Waals surface area contributed by atoms with Crippen molar-refractivity contribution >= 4 is 22.4 Å². The normalized spacial score (nSPS) is 12.3. The van der Waals surface area contributed by atoms with Gasteiger partial charge in [-0.1, -0.05) is 11.3 Å². The molecule has 0 spiro atoms. The van der Waals surface area contributed by atoms with Crippen LogP contribution in [0, 0.1) is 6.92 Å². The minimum atomic E-state index is -1.24. The van der Waals surface area contributed by atoms with E-state index in [-0.39, 0.29) is 0 Å².